The molecule has 3 N–H and O–H groups in total. The second-order valence-corrected chi connectivity index (χ2v) is 5.96. The zero-order valence-electron chi connectivity index (χ0n) is 15.5. The molecule has 9 nitrogen and oxygen atoms in total. The number of esters is 1. The first kappa shape index (κ1) is 20.7. The van der Waals surface area contributed by atoms with Crippen LogP contribution in [0.3, 0.4) is 0 Å². The van der Waals surface area contributed by atoms with Crippen molar-refractivity contribution in [2.75, 3.05) is 25.0 Å². The lowest BCUT2D eigenvalue weighted by molar-refractivity contribution is -0.147. The summed E-state index contributed by atoms with van der Waals surface area (Å²) in [5, 5.41) is 7.26. The van der Waals surface area contributed by atoms with Crippen LogP contribution >= 0.6 is 0 Å². The molecule has 1 heterocycles. The van der Waals surface area contributed by atoms with Gasteiger partial charge in [-0.15, -0.1) is 0 Å². The molecule has 0 bridgehead atoms. The monoisotopic (exact) mass is 387 g/mol. The number of benzene rings is 1. The van der Waals surface area contributed by atoms with E-state index in [1.807, 2.05) is 26.0 Å². The minimum Gasteiger partial charge on any atom is -0.459 e. The summed E-state index contributed by atoms with van der Waals surface area (Å²) in [6, 6.07) is 8.54. The molecule has 1 aromatic carbocycles. The van der Waals surface area contributed by atoms with Crippen molar-refractivity contribution in [3.05, 3.63) is 53.5 Å². The summed E-state index contributed by atoms with van der Waals surface area (Å²) >= 11 is 0. The molecule has 0 aliphatic heterocycles. The molecule has 0 saturated heterocycles. The van der Waals surface area contributed by atoms with E-state index in [2.05, 4.69) is 16.0 Å². The van der Waals surface area contributed by atoms with E-state index in [9.17, 15) is 19.2 Å². The Balaban J connectivity index is 1.64. The summed E-state index contributed by atoms with van der Waals surface area (Å²) in [7, 11) is 0. The molecular weight excluding hydrogens is 366 g/mol. The van der Waals surface area contributed by atoms with Crippen LogP contribution < -0.4 is 16.0 Å². The van der Waals surface area contributed by atoms with Gasteiger partial charge in [-0.1, -0.05) is 17.7 Å². The van der Waals surface area contributed by atoms with E-state index in [1.54, 1.807) is 12.1 Å². The molecule has 0 fully saturated rings. The van der Waals surface area contributed by atoms with Crippen LogP contribution in [0.4, 0.5) is 5.69 Å². The Hall–Kier alpha value is -3.62. The van der Waals surface area contributed by atoms with Crippen LogP contribution in [0, 0.1) is 13.8 Å². The minimum absolute atomic E-state index is 0.0713. The fourth-order valence-electron chi connectivity index (χ4n) is 2.23. The molecule has 9 heteroatoms. The Morgan fingerprint density at radius 2 is 1.79 bits per heavy atom. The topological polar surface area (TPSA) is 127 Å². The number of furan rings is 1. The third-order valence-electron chi connectivity index (χ3n) is 3.60. The first-order valence-electron chi connectivity index (χ1n) is 8.46. The summed E-state index contributed by atoms with van der Waals surface area (Å²) in [4.78, 5) is 46.7. The van der Waals surface area contributed by atoms with Gasteiger partial charge in [-0.3, -0.25) is 19.2 Å². The maximum atomic E-state index is 11.9. The Morgan fingerprint density at radius 3 is 2.46 bits per heavy atom. The number of amides is 3. The van der Waals surface area contributed by atoms with Crippen molar-refractivity contribution in [2.24, 2.45) is 0 Å². The zero-order chi connectivity index (χ0) is 20.5. The van der Waals surface area contributed by atoms with Crippen molar-refractivity contribution in [3.63, 3.8) is 0 Å². The van der Waals surface area contributed by atoms with E-state index >= 15 is 0 Å². The van der Waals surface area contributed by atoms with E-state index < -0.39 is 36.8 Å². The van der Waals surface area contributed by atoms with Gasteiger partial charge in [0.1, 0.15) is 6.54 Å². The summed E-state index contributed by atoms with van der Waals surface area (Å²) < 4.78 is 9.69. The predicted octanol–water partition coefficient (Wildman–Crippen LogP) is 0.924. The first-order chi connectivity index (χ1) is 13.3. The molecule has 0 aliphatic carbocycles. The number of rotatable bonds is 8. The molecule has 0 atom stereocenters. The molecule has 0 radical (unpaired) electrons. The van der Waals surface area contributed by atoms with Gasteiger partial charge in [0.15, 0.2) is 12.4 Å². The Kier molecular flexibility index (Phi) is 7.32. The van der Waals surface area contributed by atoms with Crippen molar-refractivity contribution in [2.45, 2.75) is 13.8 Å². The van der Waals surface area contributed by atoms with E-state index in [1.165, 1.54) is 12.3 Å². The van der Waals surface area contributed by atoms with Crippen molar-refractivity contribution in [1.82, 2.24) is 10.6 Å². The van der Waals surface area contributed by atoms with Gasteiger partial charge >= 0.3 is 5.97 Å². The van der Waals surface area contributed by atoms with Crippen LogP contribution in [0.2, 0.25) is 0 Å². The average Bonchev–Trinajstić information content (AvgIpc) is 3.20. The molecule has 3 amide bonds. The maximum Gasteiger partial charge on any atom is 0.325 e. The molecule has 0 saturated carbocycles. The SMILES string of the molecule is Cc1ccc(NC(=O)COC(=O)CNC(=O)CNC(=O)c2ccco2)c(C)c1. The number of carbonyl (C=O) groups excluding carboxylic acids is 4. The van der Waals surface area contributed by atoms with Crippen LogP contribution in [0.15, 0.2) is 41.0 Å². The van der Waals surface area contributed by atoms with E-state index in [0.29, 0.717) is 5.69 Å². The van der Waals surface area contributed by atoms with Crippen molar-refractivity contribution in [3.8, 4) is 0 Å². The van der Waals surface area contributed by atoms with Crippen LogP contribution in [-0.2, 0) is 19.1 Å². The number of nitrogens with one attached hydrogen (secondary N) is 3. The van der Waals surface area contributed by atoms with E-state index in [-0.39, 0.29) is 12.3 Å². The van der Waals surface area contributed by atoms with Gasteiger partial charge in [0.25, 0.3) is 11.8 Å². The Bertz CT molecular complexity index is 861. The van der Waals surface area contributed by atoms with Gasteiger partial charge in [-0.05, 0) is 37.6 Å². The second-order valence-electron chi connectivity index (χ2n) is 5.96. The smallest absolute Gasteiger partial charge is 0.325 e. The maximum absolute atomic E-state index is 11.9. The van der Waals surface area contributed by atoms with Crippen molar-refractivity contribution in [1.29, 1.82) is 0 Å². The predicted molar refractivity (Wildman–Crippen MR) is 99.6 cm³/mol. The minimum atomic E-state index is -0.776. The van der Waals surface area contributed by atoms with Crippen molar-refractivity contribution >= 4 is 29.4 Å². The highest BCUT2D eigenvalue weighted by molar-refractivity contribution is 5.95. The van der Waals surface area contributed by atoms with E-state index in [0.717, 1.165) is 11.1 Å². The van der Waals surface area contributed by atoms with Crippen LogP contribution in [0.1, 0.15) is 21.7 Å². The molecule has 28 heavy (non-hydrogen) atoms. The summed E-state index contributed by atoms with van der Waals surface area (Å²) in [6.07, 6.45) is 1.33. The first-order valence-corrected chi connectivity index (χ1v) is 8.46. The van der Waals surface area contributed by atoms with Gasteiger partial charge < -0.3 is 25.1 Å². The lowest BCUT2D eigenvalue weighted by Crippen LogP contribution is -2.39. The summed E-state index contributed by atoms with van der Waals surface area (Å²) in [6.45, 7) is 2.56. The fraction of sp³-hybridized carbons (Fsp3) is 0.263. The number of carbonyl (C=O) groups is 4. The molecule has 0 spiro atoms. The highest BCUT2D eigenvalue weighted by Gasteiger charge is 2.13. The molecular formula is C19H21N3O6. The standard InChI is InChI=1S/C19H21N3O6/c1-12-5-6-14(13(2)8-12)22-17(24)11-28-18(25)10-20-16(23)9-21-19(26)15-4-3-7-27-15/h3-8H,9-11H2,1-2H3,(H,20,23)(H,21,26)(H,22,24). The van der Waals surface area contributed by atoms with Gasteiger partial charge in [-0.2, -0.15) is 0 Å². The number of hydrogen-bond acceptors (Lipinski definition) is 6. The van der Waals surface area contributed by atoms with Crippen LogP contribution in [0.25, 0.3) is 0 Å². The lowest BCUT2D eigenvalue weighted by atomic mass is 10.1. The van der Waals surface area contributed by atoms with Crippen molar-refractivity contribution < 1.29 is 28.3 Å². The number of aryl methyl sites for hydroxylation is 2. The van der Waals surface area contributed by atoms with Crippen LogP contribution in [0.5, 0.6) is 0 Å². The lowest BCUT2D eigenvalue weighted by Gasteiger charge is -2.10. The Labute approximate surface area is 161 Å². The molecule has 0 unspecified atom stereocenters. The fourth-order valence-corrected chi connectivity index (χ4v) is 2.23. The number of anilines is 1. The second kappa shape index (κ2) is 9.91. The van der Waals surface area contributed by atoms with Gasteiger partial charge in [0.2, 0.25) is 5.91 Å². The molecule has 1 aromatic heterocycles. The number of hydrogen-bond donors (Lipinski definition) is 3. The third kappa shape index (κ3) is 6.60. The average molecular weight is 387 g/mol. The summed E-state index contributed by atoms with van der Waals surface area (Å²) in [5.74, 6) is -2.33. The summed E-state index contributed by atoms with van der Waals surface area (Å²) in [5.41, 5.74) is 2.59. The van der Waals surface area contributed by atoms with Gasteiger partial charge in [0.05, 0.1) is 12.8 Å². The molecule has 148 valence electrons. The van der Waals surface area contributed by atoms with Gasteiger partial charge in [-0.25, -0.2) is 0 Å². The third-order valence-corrected chi connectivity index (χ3v) is 3.60. The highest BCUT2D eigenvalue weighted by Crippen LogP contribution is 2.15. The molecule has 2 aromatic rings. The highest BCUT2D eigenvalue weighted by atomic mass is 16.5. The number of ether oxygens (including phenoxy) is 1. The largest absolute Gasteiger partial charge is 0.459 e. The normalized spacial score (nSPS) is 10.1. The molecule has 0 aliphatic rings. The van der Waals surface area contributed by atoms with Crippen LogP contribution in [-0.4, -0.2) is 43.4 Å². The molecule has 2 rings (SSSR count). The Morgan fingerprint density at radius 1 is 1.00 bits per heavy atom. The quantitative estimate of drug-likeness (QED) is 0.578. The zero-order valence-corrected chi connectivity index (χ0v) is 15.5. The van der Waals surface area contributed by atoms with Gasteiger partial charge in [0, 0.05) is 5.69 Å². The van der Waals surface area contributed by atoms with E-state index in [4.69, 9.17) is 9.15 Å².